The number of aliphatic hydroxyl groups is 1. The summed E-state index contributed by atoms with van der Waals surface area (Å²) < 4.78 is 4.90. The smallest absolute Gasteiger partial charge is 0.0934 e. The monoisotopic (exact) mass is 166 g/mol. The molecule has 1 N–H and O–H groups in total. The standard InChI is InChI=1S/C10H14O2/c1-8(2)10(11)4-3-9-5-6-12-7-9/h5-7,10-11H,1,3-4H2,2H3/t10-/m0/s1. The van der Waals surface area contributed by atoms with Crippen LogP contribution in [0.4, 0.5) is 0 Å². The van der Waals surface area contributed by atoms with Crippen molar-refractivity contribution in [3.63, 3.8) is 0 Å². The molecule has 2 heteroatoms. The van der Waals surface area contributed by atoms with Crippen molar-refractivity contribution in [2.45, 2.75) is 25.9 Å². The molecule has 1 rings (SSSR count). The molecular formula is C10H14O2. The molecular weight excluding hydrogens is 152 g/mol. The summed E-state index contributed by atoms with van der Waals surface area (Å²) in [6, 6.07) is 1.91. The number of hydrogen-bond donors (Lipinski definition) is 1. The van der Waals surface area contributed by atoms with E-state index in [4.69, 9.17) is 4.42 Å². The molecule has 1 atom stereocenters. The Balaban J connectivity index is 2.31. The average Bonchev–Trinajstić information content (AvgIpc) is 2.51. The maximum atomic E-state index is 9.40. The second-order valence-corrected chi connectivity index (χ2v) is 3.03. The van der Waals surface area contributed by atoms with Gasteiger partial charge in [-0.2, -0.15) is 0 Å². The summed E-state index contributed by atoms with van der Waals surface area (Å²) in [5.41, 5.74) is 1.94. The van der Waals surface area contributed by atoms with Crippen LogP contribution in [0, 0.1) is 0 Å². The maximum Gasteiger partial charge on any atom is 0.0934 e. The van der Waals surface area contributed by atoms with E-state index in [1.54, 1.807) is 12.5 Å². The molecule has 0 fully saturated rings. The highest BCUT2D eigenvalue weighted by molar-refractivity contribution is 5.07. The van der Waals surface area contributed by atoms with Crippen molar-refractivity contribution < 1.29 is 9.52 Å². The summed E-state index contributed by atoms with van der Waals surface area (Å²) in [7, 11) is 0. The summed E-state index contributed by atoms with van der Waals surface area (Å²) in [6.07, 6.45) is 4.51. The van der Waals surface area contributed by atoms with Crippen LogP contribution < -0.4 is 0 Å². The lowest BCUT2D eigenvalue weighted by Gasteiger charge is -2.07. The Morgan fingerprint density at radius 1 is 1.75 bits per heavy atom. The van der Waals surface area contributed by atoms with Gasteiger partial charge in [-0.1, -0.05) is 12.2 Å². The molecule has 0 saturated heterocycles. The first-order chi connectivity index (χ1) is 5.70. The zero-order chi connectivity index (χ0) is 8.97. The van der Waals surface area contributed by atoms with Gasteiger partial charge in [0, 0.05) is 0 Å². The third kappa shape index (κ3) is 2.55. The van der Waals surface area contributed by atoms with Gasteiger partial charge in [-0.25, -0.2) is 0 Å². The molecule has 1 heterocycles. The van der Waals surface area contributed by atoms with E-state index in [1.807, 2.05) is 13.0 Å². The normalized spacial score (nSPS) is 12.8. The number of aryl methyl sites for hydroxylation is 1. The predicted molar refractivity (Wildman–Crippen MR) is 47.8 cm³/mol. The molecule has 0 aromatic carbocycles. The topological polar surface area (TPSA) is 33.4 Å². The van der Waals surface area contributed by atoms with Gasteiger partial charge in [0.2, 0.25) is 0 Å². The van der Waals surface area contributed by atoms with Crippen molar-refractivity contribution in [2.24, 2.45) is 0 Å². The minimum absolute atomic E-state index is 0.389. The second kappa shape index (κ2) is 4.12. The molecule has 1 aromatic rings. The van der Waals surface area contributed by atoms with E-state index in [9.17, 15) is 5.11 Å². The van der Waals surface area contributed by atoms with Crippen LogP contribution in [0.2, 0.25) is 0 Å². The summed E-state index contributed by atoms with van der Waals surface area (Å²) >= 11 is 0. The fourth-order valence-corrected chi connectivity index (χ4v) is 0.985. The van der Waals surface area contributed by atoms with E-state index in [1.165, 1.54) is 0 Å². The number of aliphatic hydroxyl groups excluding tert-OH is 1. The van der Waals surface area contributed by atoms with Crippen LogP contribution in [-0.4, -0.2) is 11.2 Å². The van der Waals surface area contributed by atoms with Gasteiger partial charge in [0.15, 0.2) is 0 Å². The minimum atomic E-state index is -0.389. The largest absolute Gasteiger partial charge is 0.472 e. The maximum absolute atomic E-state index is 9.40. The van der Waals surface area contributed by atoms with Crippen LogP contribution in [0.25, 0.3) is 0 Å². The molecule has 0 unspecified atom stereocenters. The van der Waals surface area contributed by atoms with E-state index >= 15 is 0 Å². The Kier molecular flexibility index (Phi) is 3.11. The molecule has 2 nitrogen and oxygen atoms in total. The first-order valence-electron chi connectivity index (χ1n) is 4.04. The van der Waals surface area contributed by atoms with Crippen molar-refractivity contribution in [3.8, 4) is 0 Å². The molecule has 0 saturated carbocycles. The summed E-state index contributed by atoms with van der Waals surface area (Å²) in [4.78, 5) is 0. The number of furan rings is 1. The fraction of sp³-hybridized carbons (Fsp3) is 0.400. The van der Waals surface area contributed by atoms with Crippen LogP contribution in [0.5, 0.6) is 0 Å². The lowest BCUT2D eigenvalue weighted by atomic mass is 10.1. The molecule has 0 bridgehead atoms. The third-order valence-electron chi connectivity index (χ3n) is 1.86. The Morgan fingerprint density at radius 3 is 3.00 bits per heavy atom. The van der Waals surface area contributed by atoms with E-state index in [0.717, 1.165) is 24.0 Å². The van der Waals surface area contributed by atoms with Gasteiger partial charge >= 0.3 is 0 Å². The van der Waals surface area contributed by atoms with Crippen molar-refractivity contribution >= 4 is 0 Å². The molecule has 1 aromatic heterocycles. The van der Waals surface area contributed by atoms with E-state index < -0.39 is 0 Å². The lowest BCUT2D eigenvalue weighted by Crippen LogP contribution is -2.07. The van der Waals surface area contributed by atoms with Crippen LogP contribution >= 0.6 is 0 Å². The summed E-state index contributed by atoms with van der Waals surface area (Å²) in [5, 5.41) is 9.40. The van der Waals surface area contributed by atoms with Crippen molar-refractivity contribution in [1.82, 2.24) is 0 Å². The number of rotatable bonds is 4. The van der Waals surface area contributed by atoms with Crippen LogP contribution in [0.15, 0.2) is 35.2 Å². The molecule has 0 aliphatic heterocycles. The van der Waals surface area contributed by atoms with Crippen molar-refractivity contribution in [3.05, 3.63) is 36.3 Å². The highest BCUT2D eigenvalue weighted by Crippen LogP contribution is 2.09. The zero-order valence-corrected chi connectivity index (χ0v) is 7.29. The lowest BCUT2D eigenvalue weighted by molar-refractivity contribution is 0.201. The summed E-state index contributed by atoms with van der Waals surface area (Å²) in [5.74, 6) is 0. The zero-order valence-electron chi connectivity index (χ0n) is 7.29. The van der Waals surface area contributed by atoms with Gasteiger partial charge in [0.25, 0.3) is 0 Å². The Morgan fingerprint density at radius 2 is 2.50 bits per heavy atom. The Bertz CT molecular complexity index is 236. The van der Waals surface area contributed by atoms with Crippen molar-refractivity contribution in [1.29, 1.82) is 0 Å². The second-order valence-electron chi connectivity index (χ2n) is 3.03. The van der Waals surface area contributed by atoms with Gasteiger partial charge < -0.3 is 9.52 Å². The molecule has 0 aliphatic carbocycles. The fourth-order valence-electron chi connectivity index (χ4n) is 0.985. The molecule has 12 heavy (non-hydrogen) atoms. The Labute approximate surface area is 72.5 Å². The minimum Gasteiger partial charge on any atom is -0.472 e. The van der Waals surface area contributed by atoms with Gasteiger partial charge in [0.05, 0.1) is 18.6 Å². The predicted octanol–water partition coefficient (Wildman–Crippen LogP) is 2.15. The van der Waals surface area contributed by atoms with E-state index in [-0.39, 0.29) is 6.10 Å². The van der Waals surface area contributed by atoms with Gasteiger partial charge in [0.1, 0.15) is 0 Å². The third-order valence-corrected chi connectivity index (χ3v) is 1.86. The first-order valence-corrected chi connectivity index (χ1v) is 4.04. The molecule has 0 aliphatic rings. The summed E-state index contributed by atoms with van der Waals surface area (Å²) in [6.45, 7) is 5.51. The van der Waals surface area contributed by atoms with Crippen LogP contribution in [0.3, 0.4) is 0 Å². The van der Waals surface area contributed by atoms with Crippen LogP contribution in [0.1, 0.15) is 18.9 Å². The first kappa shape index (κ1) is 9.07. The Hall–Kier alpha value is -1.02. The molecule has 0 radical (unpaired) electrons. The highest BCUT2D eigenvalue weighted by Gasteiger charge is 2.04. The average molecular weight is 166 g/mol. The van der Waals surface area contributed by atoms with Gasteiger partial charge in [-0.05, 0) is 31.4 Å². The highest BCUT2D eigenvalue weighted by atomic mass is 16.3. The SMILES string of the molecule is C=C(C)[C@@H](O)CCc1ccoc1. The van der Waals surface area contributed by atoms with E-state index in [2.05, 4.69) is 6.58 Å². The molecule has 66 valence electrons. The van der Waals surface area contributed by atoms with Crippen molar-refractivity contribution in [2.75, 3.05) is 0 Å². The van der Waals surface area contributed by atoms with Gasteiger partial charge in [-0.3, -0.25) is 0 Å². The number of hydrogen-bond acceptors (Lipinski definition) is 2. The molecule has 0 spiro atoms. The van der Waals surface area contributed by atoms with Crippen LogP contribution in [-0.2, 0) is 6.42 Å². The quantitative estimate of drug-likeness (QED) is 0.695. The van der Waals surface area contributed by atoms with Gasteiger partial charge in [-0.15, -0.1) is 0 Å². The molecule has 0 amide bonds. The van der Waals surface area contributed by atoms with E-state index in [0.29, 0.717) is 0 Å².